The van der Waals surface area contributed by atoms with Gasteiger partial charge in [0, 0.05) is 37.1 Å². The van der Waals surface area contributed by atoms with Crippen molar-refractivity contribution in [2.75, 3.05) is 4.90 Å². The van der Waals surface area contributed by atoms with Crippen LogP contribution in [0.5, 0.6) is 0 Å². The van der Waals surface area contributed by atoms with Crippen LogP contribution in [-0.2, 0) is 5.41 Å². The third kappa shape index (κ3) is 6.12. The Bertz CT molecular complexity index is 4580. The van der Waals surface area contributed by atoms with Gasteiger partial charge in [-0.2, -0.15) is 0 Å². The topological polar surface area (TPSA) is 3.24 Å². The predicted octanol–water partition coefficient (Wildman–Crippen LogP) is 20.3. The van der Waals surface area contributed by atoms with Crippen LogP contribution in [0.3, 0.4) is 0 Å². The molecule has 2 aliphatic rings. The van der Waals surface area contributed by atoms with Crippen molar-refractivity contribution >= 4 is 80.9 Å². The molecule has 0 unspecified atom stereocenters. The minimum Gasteiger partial charge on any atom is -0.310 e. The molecule has 75 heavy (non-hydrogen) atoms. The van der Waals surface area contributed by atoms with Gasteiger partial charge in [-0.25, -0.2) is 0 Å². The molecule has 348 valence electrons. The second-order valence-corrected chi connectivity index (χ2v) is 21.3. The minimum atomic E-state index is -0.533. The van der Waals surface area contributed by atoms with Crippen molar-refractivity contribution in [3.63, 3.8) is 0 Å². The molecule has 1 heterocycles. The fourth-order valence-electron chi connectivity index (χ4n) is 13.3. The number of thiophene rings is 1. The molecule has 0 bridgehead atoms. The highest BCUT2D eigenvalue weighted by Gasteiger charge is 2.52. The fraction of sp³-hybridized carbons (Fsp3) is 0.0137. The number of hydrogen-bond acceptors (Lipinski definition) is 2. The molecule has 1 aromatic heterocycles. The van der Waals surface area contributed by atoms with Gasteiger partial charge in [-0.1, -0.05) is 218 Å². The molecule has 1 spiro atoms. The van der Waals surface area contributed by atoms with Gasteiger partial charge in [0.15, 0.2) is 0 Å². The second kappa shape index (κ2) is 16.3. The maximum Gasteiger partial charge on any atom is 0.0726 e. The van der Waals surface area contributed by atoms with Gasteiger partial charge in [0.05, 0.1) is 11.1 Å². The summed E-state index contributed by atoms with van der Waals surface area (Å²) >= 11 is 1.87. The molecular weight excluding hydrogens is 923 g/mol. The van der Waals surface area contributed by atoms with E-state index in [0.29, 0.717) is 0 Å². The van der Waals surface area contributed by atoms with E-state index in [0.717, 1.165) is 17.1 Å². The number of benzene rings is 13. The summed E-state index contributed by atoms with van der Waals surface area (Å²) in [6.07, 6.45) is 0. The van der Waals surface area contributed by atoms with E-state index in [-0.39, 0.29) is 0 Å². The van der Waals surface area contributed by atoms with Crippen molar-refractivity contribution in [1.82, 2.24) is 0 Å². The smallest absolute Gasteiger partial charge is 0.0726 e. The molecule has 0 fully saturated rings. The van der Waals surface area contributed by atoms with Crippen molar-refractivity contribution in [2.45, 2.75) is 5.41 Å². The van der Waals surface area contributed by atoms with Crippen LogP contribution in [0.4, 0.5) is 17.1 Å². The molecule has 1 nitrogen and oxygen atoms in total. The molecule has 0 N–H and O–H groups in total. The molecule has 13 aromatic carbocycles. The van der Waals surface area contributed by atoms with Crippen LogP contribution < -0.4 is 4.90 Å². The molecule has 2 aliphatic carbocycles. The highest BCUT2D eigenvalue weighted by Crippen LogP contribution is 2.64. The summed E-state index contributed by atoms with van der Waals surface area (Å²) in [6, 6.07) is 103. The zero-order chi connectivity index (χ0) is 49.2. The first kappa shape index (κ1) is 42.2. The molecular formula is C73H45NS. The van der Waals surface area contributed by atoms with E-state index in [4.69, 9.17) is 0 Å². The Balaban J connectivity index is 1.02. The van der Waals surface area contributed by atoms with E-state index in [1.54, 1.807) is 0 Å². The lowest BCUT2D eigenvalue weighted by Gasteiger charge is -2.33. The molecule has 2 heteroatoms. The zero-order valence-electron chi connectivity index (χ0n) is 40.8. The van der Waals surface area contributed by atoms with E-state index in [2.05, 4.69) is 278 Å². The highest BCUT2D eigenvalue weighted by atomic mass is 32.1. The lowest BCUT2D eigenvalue weighted by Crippen LogP contribution is -2.26. The average Bonchev–Trinajstić information content (AvgIpc) is 4.29. The molecule has 0 saturated carbocycles. The van der Waals surface area contributed by atoms with Gasteiger partial charge in [-0.05, 0) is 159 Å². The van der Waals surface area contributed by atoms with Crippen molar-refractivity contribution in [3.05, 3.63) is 295 Å². The van der Waals surface area contributed by atoms with E-state index in [1.807, 2.05) is 11.3 Å². The number of rotatable bonds is 6. The van der Waals surface area contributed by atoms with Gasteiger partial charge in [0.2, 0.25) is 0 Å². The van der Waals surface area contributed by atoms with Gasteiger partial charge in [0.25, 0.3) is 0 Å². The normalized spacial score (nSPS) is 12.9. The lowest BCUT2D eigenvalue weighted by molar-refractivity contribution is 0.794. The van der Waals surface area contributed by atoms with Crippen molar-refractivity contribution in [3.8, 4) is 55.6 Å². The summed E-state index contributed by atoms with van der Waals surface area (Å²) in [5.74, 6) is 0. The summed E-state index contributed by atoms with van der Waals surface area (Å²) in [5, 5.41) is 10.1. The summed E-state index contributed by atoms with van der Waals surface area (Å²) in [7, 11) is 0. The van der Waals surface area contributed by atoms with Crippen LogP contribution in [-0.4, -0.2) is 0 Å². The lowest BCUT2D eigenvalue weighted by atomic mass is 9.70. The van der Waals surface area contributed by atoms with Crippen LogP contribution in [0.2, 0.25) is 0 Å². The molecule has 16 rings (SSSR count). The van der Waals surface area contributed by atoms with Crippen LogP contribution in [0.15, 0.2) is 273 Å². The van der Waals surface area contributed by atoms with E-state index < -0.39 is 5.41 Å². The summed E-state index contributed by atoms with van der Waals surface area (Å²) in [6.45, 7) is 0. The SMILES string of the molecule is c1ccc(-c2ccccc2-c2ccc(N(c3ccc4c5ccccc5c5ccccc5c4c3)c3cc4c(cc3-c3ccc5sc6ccccc6c5c3)-c3ccccc3C43c4ccccc4-c4ccccc43)cc2)cc1. The van der Waals surface area contributed by atoms with Crippen molar-refractivity contribution in [2.24, 2.45) is 0 Å². The Kier molecular flexibility index (Phi) is 9.19. The van der Waals surface area contributed by atoms with Crippen LogP contribution >= 0.6 is 11.3 Å². The first-order chi connectivity index (χ1) is 37.2. The fourth-order valence-corrected chi connectivity index (χ4v) is 14.4. The Labute approximate surface area is 439 Å². The molecule has 14 aromatic rings. The molecule has 0 radical (unpaired) electrons. The van der Waals surface area contributed by atoms with Gasteiger partial charge in [0.1, 0.15) is 0 Å². The quantitative estimate of drug-likeness (QED) is 0.150. The van der Waals surface area contributed by atoms with E-state index in [1.165, 1.54) is 130 Å². The van der Waals surface area contributed by atoms with Gasteiger partial charge < -0.3 is 4.90 Å². The Hall–Kier alpha value is -9.34. The Morgan fingerprint density at radius 1 is 0.240 bits per heavy atom. The van der Waals surface area contributed by atoms with Crippen molar-refractivity contribution < 1.29 is 0 Å². The largest absolute Gasteiger partial charge is 0.310 e. The first-order valence-corrected chi connectivity index (χ1v) is 26.8. The Morgan fingerprint density at radius 2 is 0.693 bits per heavy atom. The average molecular weight is 968 g/mol. The predicted molar refractivity (Wildman–Crippen MR) is 319 cm³/mol. The van der Waals surface area contributed by atoms with Crippen LogP contribution in [0, 0.1) is 0 Å². The maximum atomic E-state index is 2.58. The van der Waals surface area contributed by atoms with E-state index in [9.17, 15) is 0 Å². The Morgan fingerprint density at radius 3 is 1.32 bits per heavy atom. The molecule has 0 atom stereocenters. The number of fused-ring (bicyclic) bond motifs is 19. The number of anilines is 3. The molecule has 0 aliphatic heterocycles. The minimum absolute atomic E-state index is 0.533. The third-order valence-corrected chi connectivity index (χ3v) is 17.6. The van der Waals surface area contributed by atoms with Crippen LogP contribution in [0.25, 0.3) is 108 Å². The molecule has 0 amide bonds. The van der Waals surface area contributed by atoms with Gasteiger partial charge in [-0.15, -0.1) is 11.3 Å². The third-order valence-electron chi connectivity index (χ3n) is 16.5. The number of hydrogen-bond donors (Lipinski definition) is 0. The van der Waals surface area contributed by atoms with Gasteiger partial charge in [-0.3, -0.25) is 0 Å². The summed E-state index contributed by atoms with van der Waals surface area (Å²) in [5.41, 5.74) is 20.4. The second-order valence-electron chi connectivity index (χ2n) is 20.2. The van der Waals surface area contributed by atoms with E-state index >= 15 is 0 Å². The highest BCUT2D eigenvalue weighted by molar-refractivity contribution is 7.25. The zero-order valence-corrected chi connectivity index (χ0v) is 41.7. The number of nitrogens with zero attached hydrogens (tertiary/aromatic N) is 1. The van der Waals surface area contributed by atoms with Crippen molar-refractivity contribution in [1.29, 1.82) is 0 Å². The van der Waals surface area contributed by atoms with Gasteiger partial charge >= 0.3 is 0 Å². The van der Waals surface area contributed by atoms with Crippen LogP contribution in [0.1, 0.15) is 22.3 Å². The summed E-state index contributed by atoms with van der Waals surface area (Å²) in [4.78, 5) is 2.56. The summed E-state index contributed by atoms with van der Waals surface area (Å²) < 4.78 is 2.60. The first-order valence-electron chi connectivity index (χ1n) is 26.0. The monoisotopic (exact) mass is 967 g/mol. The standard InChI is InChI=1S/C73H45NS/c1-2-18-46(19-3-1)51-20-4-5-21-52(51)47-34-37-49(38-35-47)74(50-39-40-57-55-24-7-6-22-53(55)54-23-8-9-25-56(54)63(57)43-50)70-45-69-64(44-62(70)48-36-41-72-65(42-48)61-29-13-17-33-71(61)75-72)60-28-12-16-32-68(60)73(69)66-30-14-10-26-58(66)59-27-11-15-31-67(59)73/h1-45H. The maximum absolute atomic E-state index is 2.58. The molecule has 0 saturated heterocycles.